The van der Waals surface area contributed by atoms with Gasteiger partial charge in [-0.1, -0.05) is 0 Å². The van der Waals surface area contributed by atoms with Crippen molar-refractivity contribution in [3.8, 4) is 11.8 Å². The number of nitrogens with zero attached hydrogens (tertiary/aromatic N) is 2. The van der Waals surface area contributed by atoms with E-state index in [1.54, 1.807) is 19.5 Å². The zero-order valence-electron chi connectivity index (χ0n) is 13.4. The molecular weight excluding hydrogens is 328 g/mol. The molecule has 1 fully saturated rings. The Balaban J connectivity index is 1.42. The minimum Gasteiger partial charge on any atom is -0.480 e. The Morgan fingerprint density at radius 2 is 2.04 bits per heavy atom. The highest BCUT2D eigenvalue weighted by Crippen LogP contribution is 2.23. The molecule has 1 aliphatic rings. The highest BCUT2D eigenvalue weighted by atomic mass is 32.1. The van der Waals surface area contributed by atoms with E-state index >= 15 is 0 Å². The Morgan fingerprint density at radius 3 is 2.75 bits per heavy atom. The number of thiophene rings is 1. The van der Waals surface area contributed by atoms with E-state index in [1.165, 1.54) is 11.3 Å². The van der Waals surface area contributed by atoms with Gasteiger partial charge in [0.25, 0.3) is 0 Å². The van der Waals surface area contributed by atoms with Gasteiger partial charge < -0.3 is 14.8 Å². The van der Waals surface area contributed by atoms with Crippen molar-refractivity contribution in [2.24, 2.45) is 0 Å². The van der Waals surface area contributed by atoms with Crippen molar-refractivity contribution < 1.29 is 14.3 Å². The molecule has 1 aliphatic carbocycles. The highest BCUT2D eigenvalue weighted by molar-refractivity contribution is 7.14. The monoisotopic (exact) mass is 348 g/mol. The van der Waals surface area contributed by atoms with Crippen LogP contribution < -0.4 is 20.1 Å². The molecule has 0 saturated heterocycles. The van der Waals surface area contributed by atoms with Crippen LogP contribution in [0.25, 0.3) is 0 Å². The summed E-state index contributed by atoms with van der Waals surface area (Å²) in [5.74, 6) is 0.911. The van der Waals surface area contributed by atoms with Gasteiger partial charge >= 0.3 is 6.03 Å². The van der Waals surface area contributed by atoms with E-state index in [9.17, 15) is 4.79 Å². The summed E-state index contributed by atoms with van der Waals surface area (Å²) < 4.78 is 10.9. The van der Waals surface area contributed by atoms with E-state index in [4.69, 9.17) is 9.47 Å². The Bertz CT molecular complexity index is 657. The van der Waals surface area contributed by atoms with Crippen molar-refractivity contribution in [2.45, 2.75) is 37.8 Å². The predicted octanol–water partition coefficient (Wildman–Crippen LogP) is 3.06. The molecular formula is C16H20N4O3S. The van der Waals surface area contributed by atoms with Crippen molar-refractivity contribution >= 4 is 22.4 Å². The van der Waals surface area contributed by atoms with Gasteiger partial charge in [-0.25, -0.2) is 4.79 Å². The lowest BCUT2D eigenvalue weighted by Crippen LogP contribution is -2.41. The summed E-state index contributed by atoms with van der Waals surface area (Å²) in [5, 5.41) is 8.63. The Morgan fingerprint density at radius 1 is 1.25 bits per heavy atom. The second-order valence-corrected chi connectivity index (χ2v) is 6.51. The van der Waals surface area contributed by atoms with E-state index in [0.717, 1.165) is 30.7 Å². The fourth-order valence-electron chi connectivity index (χ4n) is 2.67. The van der Waals surface area contributed by atoms with Crippen LogP contribution in [0, 0.1) is 0 Å². The topological polar surface area (TPSA) is 85.4 Å². The molecule has 24 heavy (non-hydrogen) atoms. The van der Waals surface area contributed by atoms with Crippen molar-refractivity contribution in [3.05, 3.63) is 29.9 Å². The average Bonchev–Trinajstić information content (AvgIpc) is 3.09. The van der Waals surface area contributed by atoms with Gasteiger partial charge in [-0.15, -0.1) is 11.3 Å². The lowest BCUT2D eigenvalue weighted by molar-refractivity contribution is 0.134. The van der Waals surface area contributed by atoms with E-state index < -0.39 is 0 Å². The number of ether oxygens (including phenoxy) is 2. The van der Waals surface area contributed by atoms with Crippen molar-refractivity contribution in [2.75, 3.05) is 12.4 Å². The molecule has 2 aromatic rings. The summed E-state index contributed by atoms with van der Waals surface area (Å²) in [5.41, 5.74) is 0. The van der Waals surface area contributed by atoms with Crippen molar-refractivity contribution in [3.63, 3.8) is 0 Å². The largest absolute Gasteiger partial charge is 0.480 e. The van der Waals surface area contributed by atoms with Crippen LogP contribution in [0.4, 0.5) is 9.80 Å². The van der Waals surface area contributed by atoms with Gasteiger partial charge in [0, 0.05) is 6.04 Å². The van der Waals surface area contributed by atoms with Gasteiger partial charge in [-0.05, 0) is 43.2 Å². The molecule has 2 amide bonds. The average molecular weight is 348 g/mol. The molecule has 2 heterocycles. The quantitative estimate of drug-likeness (QED) is 0.867. The SMILES string of the molecule is COc1cncc(OC2CCC(NC(=O)Nc3cccs3)CC2)n1. The summed E-state index contributed by atoms with van der Waals surface area (Å²) >= 11 is 1.50. The van der Waals surface area contributed by atoms with Crippen molar-refractivity contribution in [1.82, 2.24) is 15.3 Å². The number of hydrogen-bond acceptors (Lipinski definition) is 6. The number of carbonyl (C=O) groups is 1. The number of nitrogens with one attached hydrogen (secondary N) is 2. The third kappa shape index (κ3) is 4.58. The second-order valence-electron chi connectivity index (χ2n) is 5.57. The summed E-state index contributed by atoms with van der Waals surface area (Å²) in [7, 11) is 1.55. The Labute approximate surface area is 144 Å². The van der Waals surface area contributed by atoms with Gasteiger partial charge in [0.05, 0.1) is 24.5 Å². The second kappa shape index (κ2) is 7.96. The first-order chi connectivity index (χ1) is 11.7. The molecule has 2 aromatic heterocycles. The highest BCUT2D eigenvalue weighted by Gasteiger charge is 2.24. The van der Waals surface area contributed by atoms with Gasteiger partial charge in [0.2, 0.25) is 11.8 Å². The van der Waals surface area contributed by atoms with E-state index in [0.29, 0.717) is 11.8 Å². The van der Waals surface area contributed by atoms with Gasteiger partial charge in [-0.3, -0.25) is 10.3 Å². The zero-order valence-corrected chi connectivity index (χ0v) is 14.2. The van der Waals surface area contributed by atoms with Crippen LogP contribution in [0.15, 0.2) is 29.9 Å². The summed E-state index contributed by atoms with van der Waals surface area (Å²) in [6, 6.07) is 3.80. The van der Waals surface area contributed by atoms with Crippen LogP contribution in [-0.4, -0.2) is 35.3 Å². The third-order valence-corrected chi connectivity index (χ3v) is 4.64. The minimum absolute atomic E-state index is 0.0878. The maximum atomic E-state index is 11.9. The van der Waals surface area contributed by atoms with Gasteiger partial charge in [0.15, 0.2) is 0 Å². The molecule has 2 N–H and O–H groups in total. The third-order valence-electron chi connectivity index (χ3n) is 3.85. The number of rotatable bonds is 5. The first-order valence-electron chi connectivity index (χ1n) is 7.86. The van der Waals surface area contributed by atoms with Gasteiger partial charge in [0.1, 0.15) is 6.10 Å². The molecule has 8 heteroatoms. The molecule has 0 aliphatic heterocycles. The maximum Gasteiger partial charge on any atom is 0.320 e. The normalized spacial score (nSPS) is 20.2. The van der Waals surface area contributed by atoms with E-state index in [1.807, 2.05) is 17.5 Å². The summed E-state index contributed by atoms with van der Waals surface area (Å²) in [6.07, 6.45) is 6.69. The standard InChI is InChI=1S/C16H20N4O3S/c1-22-13-9-17-10-14(19-13)23-12-6-4-11(5-7-12)18-16(21)20-15-3-2-8-24-15/h2-3,8-12H,4-7H2,1H3,(H2,18,20,21). The fourth-order valence-corrected chi connectivity index (χ4v) is 3.28. The zero-order chi connectivity index (χ0) is 16.8. The number of aromatic nitrogens is 2. The van der Waals surface area contributed by atoms with E-state index in [-0.39, 0.29) is 18.2 Å². The number of amides is 2. The molecule has 0 unspecified atom stereocenters. The number of hydrogen-bond donors (Lipinski definition) is 2. The van der Waals surface area contributed by atoms with Crippen LogP contribution >= 0.6 is 11.3 Å². The molecule has 1 saturated carbocycles. The van der Waals surface area contributed by atoms with Gasteiger partial charge in [-0.2, -0.15) is 4.98 Å². The fraction of sp³-hybridized carbons (Fsp3) is 0.438. The van der Waals surface area contributed by atoms with Crippen LogP contribution in [0.1, 0.15) is 25.7 Å². The molecule has 3 rings (SSSR count). The Hall–Kier alpha value is -2.35. The van der Waals surface area contributed by atoms with Crippen LogP contribution in [0.2, 0.25) is 0 Å². The molecule has 0 radical (unpaired) electrons. The molecule has 7 nitrogen and oxygen atoms in total. The van der Waals surface area contributed by atoms with Crippen molar-refractivity contribution in [1.29, 1.82) is 0 Å². The number of methoxy groups -OCH3 is 1. The number of urea groups is 1. The minimum atomic E-state index is -0.152. The molecule has 0 aromatic carbocycles. The van der Waals surface area contributed by atoms with Crippen LogP contribution in [0.5, 0.6) is 11.8 Å². The number of carbonyl (C=O) groups excluding carboxylic acids is 1. The molecule has 0 spiro atoms. The lowest BCUT2D eigenvalue weighted by atomic mass is 9.93. The predicted molar refractivity (Wildman–Crippen MR) is 91.7 cm³/mol. The first-order valence-corrected chi connectivity index (χ1v) is 8.74. The van der Waals surface area contributed by atoms with Crippen LogP contribution in [0.3, 0.4) is 0 Å². The first kappa shape index (κ1) is 16.5. The maximum absolute atomic E-state index is 11.9. The summed E-state index contributed by atoms with van der Waals surface area (Å²) in [4.78, 5) is 20.2. The van der Waals surface area contributed by atoms with E-state index in [2.05, 4.69) is 20.6 Å². The lowest BCUT2D eigenvalue weighted by Gasteiger charge is -2.29. The summed E-state index contributed by atoms with van der Waals surface area (Å²) in [6.45, 7) is 0. The smallest absolute Gasteiger partial charge is 0.320 e. The number of anilines is 1. The van der Waals surface area contributed by atoms with Crippen LogP contribution in [-0.2, 0) is 0 Å². The molecule has 0 atom stereocenters. The molecule has 128 valence electrons. The molecule has 0 bridgehead atoms. The Kier molecular flexibility index (Phi) is 5.47.